The van der Waals surface area contributed by atoms with E-state index in [2.05, 4.69) is 5.32 Å². The fraction of sp³-hybridized carbons (Fsp3) is 0.333. The zero-order valence-corrected chi connectivity index (χ0v) is 15.3. The molecular formula is C12H21NNaO6S. The minimum Gasteiger partial charge on any atom is -0.412 e. The molecule has 9 heteroatoms. The summed E-state index contributed by atoms with van der Waals surface area (Å²) in [5, 5.41) is 3.30. The molecule has 0 aliphatic carbocycles. The summed E-state index contributed by atoms with van der Waals surface area (Å²) in [5.41, 5.74) is 1.30. The SMILES string of the molecule is CC1(C)C=C(OS(C)(=O)=O)c2ccccc2N1.O.O.O.[Na]. The molecule has 7 nitrogen and oxygen atoms in total. The van der Waals surface area contributed by atoms with Crippen LogP contribution in [-0.4, -0.2) is 66.2 Å². The first-order chi connectivity index (χ1) is 7.77. The Morgan fingerprint density at radius 1 is 1.10 bits per heavy atom. The molecule has 0 unspecified atom stereocenters. The van der Waals surface area contributed by atoms with Crippen LogP contribution in [0.2, 0.25) is 0 Å². The molecule has 21 heavy (non-hydrogen) atoms. The van der Waals surface area contributed by atoms with E-state index in [9.17, 15) is 8.42 Å². The number of benzene rings is 1. The Morgan fingerprint density at radius 3 is 2.14 bits per heavy atom. The second-order valence-corrected chi connectivity index (χ2v) is 6.26. The molecule has 0 atom stereocenters. The van der Waals surface area contributed by atoms with Crippen molar-refractivity contribution in [1.29, 1.82) is 0 Å². The molecule has 2 rings (SSSR count). The molecule has 0 spiro atoms. The van der Waals surface area contributed by atoms with E-state index in [1.165, 1.54) is 0 Å². The number of para-hydroxylation sites is 1. The first-order valence-electron chi connectivity index (χ1n) is 5.27. The Labute approximate surface area is 146 Å². The van der Waals surface area contributed by atoms with Gasteiger partial charge in [-0.3, -0.25) is 0 Å². The molecule has 0 aromatic heterocycles. The number of nitrogens with one attached hydrogen (secondary N) is 1. The molecule has 0 saturated carbocycles. The summed E-state index contributed by atoms with van der Waals surface area (Å²) < 4.78 is 27.5. The van der Waals surface area contributed by atoms with Gasteiger partial charge >= 0.3 is 10.1 Å². The molecule has 0 fully saturated rings. The molecule has 1 radical (unpaired) electrons. The first-order valence-corrected chi connectivity index (χ1v) is 7.08. The van der Waals surface area contributed by atoms with Gasteiger partial charge < -0.3 is 25.9 Å². The molecule has 1 aliphatic rings. The standard InChI is InChI=1S/C12H15NO3S.Na.3H2O/c1-12(2)8-11(16-17(3,14)15)9-6-4-5-7-10(9)13-12;;;;/h4-8,13H,1-3H3;;3*1H2. The van der Waals surface area contributed by atoms with Crippen molar-refractivity contribution in [2.24, 2.45) is 0 Å². The second kappa shape index (κ2) is 8.74. The molecule has 117 valence electrons. The van der Waals surface area contributed by atoms with Crippen LogP contribution in [0, 0.1) is 0 Å². The fourth-order valence-corrected chi connectivity index (χ4v) is 2.29. The summed E-state index contributed by atoms with van der Waals surface area (Å²) in [6, 6.07) is 7.47. The summed E-state index contributed by atoms with van der Waals surface area (Å²) in [6.07, 6.45) is 2.82. The topological polar surface area (TPSA) is 150 Å². The number of hydrogen-bond donors (Lipinski definition) is 1. The van der Waals surface area contributed by atoms with Crippen molar-refractivity contribution in [3.63, 3.8) is 0 Å². The molecule has 1 heterocycles. The third kappa shape index (κ3) is 6.79. The third-order valence-electron chi connectivity index (χ3n) is 2.38. The average molecular weight is 330 g/mol. The number of rotatable bonds is 2. The van der Waals surface area contributed by atoms with Crippen molar-refractivity contribution in [3.8, 4) is 0 Å². The van der Waals surface area contributed by atoms with Gasteiger partial charge in [-0.05, 0) is 32.1 Å². The Balaban J connectivity index is -0.000000810. The minimum absolute atomic E-state index is 0. The van der Waals surface area contributed by atoms with Crippen LogP contribution in [0.1, 0.15) is 19.4 Å². The monoisotopic (exact) mass is 330 g/mol. The largest absolute Gasteiger partial charge is 0.412 e. The van der Waals surface area contributed by atoms with Crippen LogP contribution in [0.3, 0.4) is 0 Å². The predicted molar refractivity (Wildman–Crippen MR) is 84.6 cm³/mol. The van der Waals surface area contributed by atoms with E-state index in [1.807, 2.05) is 38.1 Å². The molecule has 7 N–H and O–H groups in total. The summed E-state index contributed by atoms with van der Waals surface area (Å²) in [5.74, 6) is 0.381. The van der Waals surface area contributed by atoms with Crippen molar-refractivity contribution in [2.75, 3.05) is 11.6 Å². The van der Waals surface area contributed by atoms with Gasteiger partial charge in [0.25, 0.3) is 0 Å². The van der Waals surface area contributed by atoms with Gasteiger partial charge in [0.05, 0.1) is 11.8 Å². The van der Waals surface area contributed by atoms with Crippen molar-refractivity contribution in [3.05, 3.63) is 35.9 Å². The smallest absolute Gasteiger partial charge is 0.306 e. The third-order valence-corrected chi connectivity index (χ3v) is 2.86. The van der Waals surface area contributed by atoms with Crippen LogP contribution < -0.4 is 5.32 Å². The van der Waals surface area contributed by atoms with E-state index in [-0.39, 0.29) is 51.5 Å². The molecule has 1 aromatic carbocycles. The zero-order valence-electron chi connectivity index (χ0n) is 12.5. The van der Waals surface area contributed by atoms with Crippen LogP contribution in [-0.2, 0) is 14.3 Å². The number of fused-ring (bicyclic) bond motifs is 1. The average Bonchev–Trinajstić information content (AvgIpc) is 2.13. The van der Waals surface area contributed by atoms with E-state index in [0.717, 1.165) is 17.5 Å². The first kappa shape index (κ1) is 25.3. The Morgan fingerprint density at radius 2 is 1.62 bits per heavy atom. The molecule has 1 aromatic rings. The van der Waals surface area contributed by atoms with E-state index >= 15 is 0 Å². The van der Waals surface area contributed by atoms with Crippen molar-refractivity contribution >= 4 is 51.1 Å². The molecule has 0 saturated heterocycles. The van der Waals surface area contributed by atoms with E-state index in [4.69, 9.17) is 4.18 Å². The summed E-state index contributed by atoms with van der Waals surface area (Å²) in [6.45, 7) is 3.91. The Hall–Kier alpha value is -0.610. The van der Waals surface area contributed by atoms with Gasteiger partial charge in [0.15, 0.2) is 0 Å². The van der Waals surface area contributed by atoms with Crippen LogP contribution in [0.4, 0.5) is 5.69 Å². The molecular weight excluding hydrogens is 309 g/mol. The van der Waals surface area contributed by atoms with Crippen LogP contribution in [0.25, 0.3) is 5.76 Å². The Bertz CT molecular complexity index is 585. The van der Waals surface area contributed by atoms with Gasteiger partial charge in [-0.1, -0.05) is 12.1 Å². The van der Waals surface area contributed by atoms with Crippen LogP contribution in [0.5, 0.6) is 0 Å². The fourth-order valence-electron chi connectivity index (χ4n) is 1.83. The van der Waals surface area contributed by atoms with E-state index in [0.29, 0.717) is 5.76 Å². The zero-order chi connectivity index (χ0) is 12.7. The van der Waals surface area contributed by atoms with Crippen molar-refractivity contribution in [1.82, 2.24) is 0 Å². The molecule has 0 amide bonds. The van der Waals surface area contributed by atoms with E-state index < -0.39 is 10.1 Å². The number of hydrogen-bond acceptors (Lipinski definition) is 4. The summed E-state index contributed by atoms with van der Waals surface area (Å²) >= 11 is 0. The second-order valence-electron chi connectivity index (χ2n) is 4.69. The van der Waals surface area contributed by atoms with Crippen molar-refractivity contribution < 1.29 is 29.0 Å². The number of anilines is 1. The van der Waals surface area contributed by atoms with Crippen LogP contribution in [0.15, 0.2) is 30.3 Å². The Kier molecular flexibility index (Phi) is 10.6. The molecule has 1 aliphatic heterocycles. The van der Waals surface area contributed by atoms with Gasteiger partial charge in [0.1, 0.15) is 5.76 Å². The summed E-state index contributed by atoms with van der Waals surface area (Å²) in [4.78, 5) is 0. The van der Waals surface area contributed by atoms with Gasteiger partial charge in [-0.2, -0.15) is 8.42 Å². The quantitative estimate of drug-likeness (QED) is 0.566. The van der Waals surface area contributed by atoms with Gasteiger partial charge in [0.2, 0.25) is 0 Å². The maximum absolute atomic E-state index is 11.2. The van der Waals surface area contributed by atoms with Crippen molar-refractivity contribution in [2.45, 2.75) is 19.4 Å². The predicted octanol–water partition coefficient (Wildman–Crippen LogP) is -0.647. The van der Waals surface area contributed by atoms with Gasteiger partial charge in [-0.25, -0.2) is 0 Å². The normalized spacial score (nSPS) is 14.3. The minimum atomic E-state index is -3.51. The molecule has 0 bridgehead atoms. The van der Waals surface area contributed by atoms with Gasteiger partial charge in [-0.15, -0.1) is 0 Å². The maximum Gasteiger partial charge on any atom is 0.306 e. The van der Waals surface area contributed by atoms with Crippen LogP contribution >= 0.6 is 0 Å². The summed E-state index contributed by atoms with van der Waals surface area (Å²) in [7, 11) is -3.51. The van der Waals surface area contributed by atoms with Gasteiger partial charge in [0, 0.05) is 40.8 Å². The maximum atomic E-state index is 11.2. The van der Waals surface area contributed by atoms with E-state index in [1.54, 1.807) is 6.08 Å².